The lowest BCUT2D eigenvalue weighted by Gasteiger charge is -2.14. The summed E-state index contributed by atoms with van der Waals surface area (Å²) in [6.07, 6.45) is 0. The highest BCUT2D eigenvalue weighted by Crippen LogP contribution is 2.24. The van der Waals surface area contributed by atoms with Crippen molar-refractivity contribution in [2.75, 3.05) is 0 Å². The van der Waals surface area contributed by atoms with Gasteiger partial charge in [0.25, 0.3) is 5.56 Å². The van der Waals surface area contributed by atoms with Crippen molar-refractivity contribution in [2.24, 2.45) is 0 Å². The van der Waals surface area contributed by atoms with E-state index in [1.807, 2.05) is 20.8 Å². The van der Waals surface area contributed by atoms with Crippen LogP contribution in [0.1, 0.15) is 26.5 Å². The van der Waals surface area contributed by atoms with E-state index in [1.165, 1.54) is 28.0 Å². The number of nitrogens with zero attached hydrogens (tertiary/aromatic N) is 4. The second-order valence-corrected chi connectivity index (χ2v) is 6.67. The number of halogens is 1. The summed E-state index contributed by atoms with van der Waals surface area (Å²) in [5, 5.41) is 13.0. The first-order valence-electron chi connectivity index (χ1n) is 6.39. The van der Waals surface area contributed by atoms with Crippen LogP contribution in [0, 0.1) is 5.82 Å². The molecule has 21 heavy (non-hydrogen) atoms. The molecule has 3 aromatic rings. The van der Waals surface area contributed by atoms with Crippen molar-refractivity contribution < 1.29 is 4.39 Å². The van der Waals surface area contributed by atoms with Gasteiger partial charge < -0.3 is 0 Å². The van der Waals surface area contributed by atoms with Crippen molar-refractivity contribution in [3.63, 3.8) is 0 Å². The lowest BCUT2D eigenvalue weighted by Crippen LogP contribution is -2.30. The largest absolute Gasteiger partial charge is 0.297 e. The first-order valence-corrected chi connectivity index (χ1v) is 7.21. The van der Waals surface area contributed by atoms with Gasteiger partial charge in [0.15, 0.2) is 0 Å². The maximum Gasteiger partial charge on any atom is 0.297 e. The Balaban J connectivity index is 2.19. The Kier molecular flexibility index (Phi) is 3.09. The van der Waals surface area contributed by atoms with Crippen molar-refractivity contribution in [1.82, 2.24) is 19.8 Å². The summed E-state index contributed by atoms with van der Waals surface area (Å²) in [7, 11) is 0. The number of fused-ring (bicyclic) bond motifs is 1. The highest BCUT2D eigenvalue weighted by Gasteiger charge is 2.23. The van der Waals surface area contributed by atoms with E-state index in [0.29, 0.717) is 15.7 Å². The van der Waals surface area contributed by atoms with Crippen LogP contribution in [-0.2, 0) is 5.41 Å². The number of hydrogen-bond donors (Lipinski definition) is 0. The van der Waals surface area contributed by atoms with Crippen LogP contribution in [0.15, 0.2) is 29.1 Å². The predicted molar refractivity (Wildman–Crippen MR) is 79.0 cm³/mol. The molecule has 2 heterocycles. The molecule has 0 unspecified atom stereocenters. The van der Waals surface area contributed by atoms with Crippen LogP contribution < -0.4 is 5.56 Å². The van der Waals surface area contributed by atoms with Crippen molar-refractivity contribution >= 4 is 16.3 Å². The lowest BCUT2D eigenvalue weighted by molar-refractivity contribution is 0.542. The fourth-order valence-corrected chi connectivity index (χ4v) is 2.74. The average molecular weight is 304 g/mol. The highest BCUT2D eigenvalue weighted by atomic mass is 32.1. The normalized spacial score (nSPS) is 12.0. The molecule has 3 rings (SSSR count). The van der Waals surface area contributed by atoms with Crippen LogP contribution >= 0.6 is 11.3 Å². The molecule has 7 heteroatoms. The fraction of sp³-hybridized carbons (Fsp3) is 0.286. The minimum absolute atomic E-state index is 0.267. The van der Waals surface area contributed by atoms with E-state index in [9.17, 15) is 9.18 Å². The maximum atomic E-state index is 13.0. The van der Waals surface area contributed by atoms with E-state index in [4.69, 9.17) is 0 Å². The van der Waals surface area contributed by atoms with Crippen LogP contribution in [0.4, 0.5) is 4.39 Å². The molecule has 0 saturated carbocycles. The number of aromatic nitrogens is 4. The molecule has 2 aromatic heterocycles. The molecular weight excluding hydrogens is 291 g/mol. The molecule has 0 N–H and O–H groups in total. The van der Waals surface area contributed by atoms with E-state index < -0.39 is 5.41 Å². The van der Waals surface area contributed by atoms with E-state index in [0.717, 1.165) is 5.56 Å². The molecule has 0 aliphatic heterocycles. The third-order valence-corrected chi connectivity index (χ3v) is 3.94. The van der Waals surface area contributed by atoms with Crippen LogP contribution in [0.2, 0.25) is 0 Å². The Bertz CT molecular complexity index is 861. The van der Waals surface area contributed by atoms with Gasteiger partial charge in [0, 0.05) is 11.0 Å². The Labute approximate surface area is 124 Å². The molecular formula is C14H13FN4OS. The van der Waals surface area contributed by atoms with Gasteiger partial charge in [0.05, 0.1) is 0 Å². The summed E-state index contributed by atoms with van der Waals surface area (Å²) in [6.45, 7) is 5.70. The molecule has 0 spiro atoms. The van der Waals surface area contributed by atoms with Gasteiger partial charge in [0.2, 0.25) is 4.96 Å². The van der Waals surface area contributed by atoms with Crippen molar-refractivity contribution in [3.05, 3.63) is 46.1 Å². The van der Waals surface area contributed by atoms with Gasteiger partial charge in [-0.3, -0.25) is 4.79 Å². The van der Waals surface area contributed by atoms with Gasteiger partial charge in [-0.25, -0.2) is 4.39 Å². The second-order valence-electron chi connectivity index (χ2n) is 5.71. The molecule has 5 nitrogen and oxygen atoms in total. The van der Waals surface area contributed by atoms with Crippen LogP contribution in [0.5, 0.6) is 0 Å². The zero-order chi connectivity index (χ0) is 15.2. The number of benzene rings is 1. The maximum absolute atomic E-state index is 13.0. The third kappa shape index (κ3) is 2.44. The van der Waals surface area contributed by atoms with E-state index in [1.54, 1.807) is 12.1 Å². The quantitative estimate of drug-likeness (QED) is 0.693. The Morgan fingerprint density at radius 1 is 1.14 bits per heavy atom. The summed E-state index contributed by atoms with van der Waals surface area (Å²) in [4.78, 5) is 12.8. The molecule has 0 fully saturated rings. The summed E-state index contributed by atoms with van der Waals surface area (Å²) in [5.74, 6) is -0.313. The topological polar surface area (TPSA) is 60.1 Å². The predicted octanol–water partition coefficient (Wildman–Crippen LogP) is 2.65. The fourth-order valence-electron chi connectivity index (χ4n) is 1.89. The summed E-state index contributed by atoms with van der Waals surface area (Å²) < 4.78 is 14.2. The average Bonchev–Trinajstić information content (AvgIpc) is 2.83. The van der Waals surface area contributed by atoms with E-state index in [-0.39, 0.29) is 11.4 Å². The summed E-state index contributed by atoms with van der Waals surface area (Å²) in [6, 6.07) is 5.96. The zero-order valence-electron chi connectivity index (χ0n) is 11.8. The van der Waals surface area contributed by atoms with Gasteiger partial charge in [-0.1, -0.05) is 32.1 Å². The van der Waals surface area contributed by atoms with E-state index >= 15 is 0 Å². The Morgan fingerprint density at radius 3 is 2.43 bits per heavy atom. The second kappa shape index (κ2) is 4.70. The molecule has 0 radical (unpaired) electrons. The molecule has 0 atom stereocenters. The Hall–Kier alpha value is -2.15. The molecule has 1 aromatic carbocycles. The van der Waals surface area contributed by atoms with Gasteiger partial charge in [0.1, 0.15) is 16.5 Å². The van der Waals surface area contributed by atoms with Crippen molar-refractivity contribution in [1.29, 1.82) is 0 Å². The first kappa shape index (κ1) is 13.8. The lowest BCUT2D eigenvalue weighted by atomic mass is 9.93. The first-order chi connectivity index (χ1) is 9.86. The molecule has 0 aliphatic rings. The van der Waals surface area contributed by atoms with Gasteiger partial charge >= 0.3 is 0 Å². The highest BCUT2D eigenvalue weighted by molar-refractivity contribution is 7.19. The summed E-state index contributed by atoms with van der Waals surface area (Å²) in [5.41, 5.74) is 0.446. The van der Waals surface area contributed by atoms with Crippen LogP contribution in [0.25, 0.3) is 15.5 Å². The number of rotatable bonds is 1. The van der Waals surface area contributed by atoms with E-state index in [2.05, 4.69) is 15.3 Å². The monoisotopic (exact) mass is 304 g/mol. The summed E-state index contributed by atoms with van der Waals surface area (Å²) >= 11 is 1.25. The van der Waals surface area contributed by atoms with Crippen LogP contribution in [0.3, 0.4) is 0 Å². The number of hydrogen-bond acceptors (Lipinski definition) is 5. The molecule has 108 valence electrons. The molecule has 0 saturated heterocycles. The van der Waals surface area contributed by atoms with Crippen LogP contribution in [-0.4, -0.2) is 19.8 Å². The minimum Gasteiger partial charge on any atom is -0.265 e. The smallest absolute Gasteiger partial charge is 0.265 e. The molecule has 0 aliphatic carbocycles. The van der Waals surface area contributed by atoms with Crippen molar-refractivity contribution in [3.8, 4) is 10.6 Å². The third-order valence-electron chi connectivity index (χ3n) is 2.99. The van der Waals surface area contributed by atoms with Gasteiger partial charge in [-0.2, -0.15) is 9.61 Å². The van der Waals surface area contributed by atoms with Gasteiger partial charge in [-0.05, 0) is 24.3 Å². The van der Waals surface area contributed by atoms with Gasteiger partial charge in [-0.15, -0.1) is 10.2 Å². The standard InChI is InChI=1S/C14H13FN4OS/c1-14(2,3)10-12(20)19-13(17-16-10)21-11(18-19)8-4-6-9(15)7-5-8/h4-7H,1-3H3. The SMILES string of the molecule is CC(C)(C)c1nnc2sc(-c3ccc(F)cc3)nn2c1=O. The van der Waals surface area contributed by atoms with Crippen molar-refractivity contribution in [2.45, 2.75) is 26.2 Å². The molecule has 0 amide bonds. The molecule has 0 bridgehead atoms. The minimum atomic E-state index is -0.398. The zero-order valence-corrected chi connectivity index (χ0v) is 12.6. The Morgan fingerprint density at radius 2 is 1.81 bits per heavy atom.